The Morgan fingerprint density at radius 1 is 1.04 bits per heavy atom. The van der Waals surface area contributed by atoms with Gasteiger partial charge in [0.15, 0.2) is 17.3 Å². The maximum absolute atomic E-state index is 13.0. The third-order valence-electron chi connectivity index (χ3n) is 4.60. The van der Waals surface area contributed by atoms with Crippen LogP contribution in [0.2, 0.25) is 0 Å². The molecule has 0 aliphatic rings. The van der Waals surface area contributed by atoms with E-state index in [0.717, 1.165) is 11.0 Å². The molecule has 28 heavy (non-hydrogen) atoms. The van der Waals surface area contributed by atoms with E-state index >= 15 is 0 Å². The van der Waals surface area contributed by atoms with Crippen LogP contribution in [0.5, 0.6) is 11.5 Å². The Bertz CT molecular complexity index is 1270. The topological polar surface area (TPSA) is 87.7 Å². The molecule has 4 rings (SSSR count). The average molecular weight is 378 g/mol. The Hall–Kier alpha value is -3.68. The van der Waals surface area contributed by atoms with Gasteiger partial charge in [0.1, 0.15) is 5.69 Å². The average Bonchev–Trinajstić information content (AvgIpc) is 3.00. The van der Waals surface area contributed by atoms with Gasteiger partial charge in [0.2, 0.25) is 5.78 Å². The Kier molecular flexibility index (Phi) is 4.31. The van der Waals surface area contributed by atoms with Crippen LogP contribution in [0, 0.1) is 6.92 Å². The molecule has 0 aliphatic carbocycles. The summed E-state index contributed by atoms with van der Waals surface area (Å²) in [6.07, 6.45) is 0. The minimum absolute atomic E-state index is 0.00365. The fourth-order valence-corrected chi connectivity index (χ4v) is 3.17. The lowest BCUT2D eigenvalue weighted by molar-refractivity contribution is 0.0974. The van der Waals surface area contributed by atoms with E-state index in [1.54, 1.807) is 34.2 Å². The van der Waals surface area contributed by atoms with E-state index < -0.39 is 5.56 Å². The highest BCUT2D eigenvalue weighted by Crippen LogP contribution is 2.28. The Morgan fingerprint density at radius 2 is 1.75 bits per heavy atom. The lowest BCUT2D eigenvalue weighted by Gasteiger charge is -2.10. The summed E-state index contributed by atoms with van der Waals surface area (Å²) >= 11 is 0. The van der Waals surface area contributed by atoms with Crippen molar-refractivity contribution in [2.75, 3.05) is 14.2 Å². The van der Waals surface area contributed by atoms with Crippen LogP contribution in [-0.2, 0) is 6.54 Å². The van der Waals surface area contributed by atoms with Crippen LogP contribution < -0.4 is 15.0 Å². The summed E-state index contributed by atoms with van der Waals surface area (Å²) in [5.41, 5.74) is 1.89. The first-order chi connectivity index (χ1) is 13.5. The second-order valence-electron chi connectivity index (χ2n) is 6.28. The summed E-state index contributed by atoms with van der Waals surface area (Å²) in [4.78, 5) is 29.2. The predicted molar refractivity (Wildman–Crippen MR) is 103 cm³/mol. The molecule has 0 amide bonds. The molecule has 0 radical (unpaired) electrons. The molecule has 4 aromatic rings. The molecule has 0 saturated heterocycles. The van der Waals surface area contributed by atoms with Crippen LogP contribution >= 0.6 is 0 Å². The molecule has 0 spiro atoms. The smallest absolute Gasteiger partial charge is 0.296 e. The van der Waals surface area contributed by atoms with E-state index in [9.17, 15) is 9.59 Å². The molecule has 0 fully saturated rings. The lowest BCUT2D eigenvalue weighted by atomic mass is 10.1. The minimum Gasteiger partial charge on any atom is -0.493 e. The summed E-state index contributed by atoms with van der Waals surface area (Å²) in [7, 11) is 3.05. The van der Waals surface area contributed by atoms with E-state index in [0.29, 0.717) is 28.5 Å². The largest absolute Gasteiger partial charge is 0.493 e. The Morgan fingerprint density at radius 3 is 2.46 bits per heavy atom. The fourth-order valence-electron chi connectivity index (χ4n) is 3.17. The van der Waals surface area contributed by atoms with Crippen molar-refractivity contribution < 1.29 is 14.3 Å². The summed E-state index contributed by atoms with van der Waals surface area (Å²) in [5, 5.41) is 4.33. The number of hydrogen-bond acceptors (Lipinski definition) is 6. The van der Waals surface area contributed by atoms with Crippen LogP contribution in [0.1, 0.15) is 16.1 Å². The lowest BCUT2D eigenvalue weighted by Crippen LogP contribution is -2.18. The van der Waals surface area contributed by atoms with Crippen molar-refractivity contribution in [3.63, 3.8) is 0 Å². The molecular weight excluding hydrogens is 360 g/mol. The second kappa shape index (κ2) is 6.80. The number of ketones is 1. The first kappa shape index (κ1) is 17.7. The predicted octanol–water partition coefficient (Wildman–Crippen LogP) is 2.25. The molecule has 0 atom stereocenters. The number of fused-ring (bicyclic) bond motifs is 3. The summed E-state index contributed by atoms with van der Waals surface area (Å²) < 4.78 is 13.8. The van der Waals surface area contributed by atoms with E-state index in [4.69, 9.17) is 9.47 Å². The molecule has 8 heteroatoms. The first-order valence-corrected chi connectivity index (χ1v) is 8.63. The number of carbonyl (C=O) groups excluding carboxylic acids is 1. The second-order valence-corrected chi connectivity index (χ2v) is 6.28. The van der Waals surface area contributed by atoms with Gasteiger partial charge >= 0.3 is 0 Å². The van der Waals surface area contributed by atoms with Crippen molar-refractivity contribution >= 4 is 22.6 Å². The van der Waals surface area contributed by atoms with Crippen LogP contribution in [0.3, 0.4) is 0 Å². The molecule has 0 aliphatic heterocycles. The summed E-state index contributed by atoms with van der Waals surface area (Å²) in [6, 6.07) is 12.5. The Labute approximate surface area is 160 Å². The van der Waals surface area contributed by atoms with Crippen molar-refractivity contribution in [3.8, 4) is 11.5 Å². The van der Waals surface area contributed by atoms with Crippen molar-refractivity contribution in [1.29, 1.82) is 0 Å². The zero-order valence-corrected chi connectivity index (χ0v) is 15.7. The molecular formula is C20H18N4O4. The van der Waals surface area contributed by atoms with Gasteiger partial charge in [-0.1, -0.05) is 12.1 Å². The van der Waals surface area contributed by atoms with Gasteiger partial charge in [-0.05, 0) is 37.3 Å². The van der Waals surface area contributed by atoms with Gasteiger partial charge in [-0.25, -0.2) is 0 Å². The molecule has 8 nitrogen and oxygen atoms in total. The SMILES string of the molecule is COc1ccc(C(=O)Cn2c3ccccc3n3nc(C)c(=O)nc23)cc1OC. The quantitative estimate of drug-likeness (QED) is 0.495. The number of rotatable bonds is 5. The maximum atomic E-state index is 13.0. The molecule has 0 N–H and O–H groups in total. The highest BCUT2D eigenvalue weighted by atomic mass is 16.5. The van der Waals surface area contributed by atoms with Crippen LogP contribution in [0.4, 0.5) is 0 Å². The van der Waals surface area contributed by atoms with Crippen LogP contribution in [0.15, 0.2) is 47.3 Å². The van der Waals surface area contributed by atoms with Gasteiger partial charge in [-0.2, -0.15) is 14.6 Å². The zero-order valence-electron chi connectivity index (χ0n) is 15.7. The maximum Gasteiger partial charge on any atom is 0.296 e. The number of aromatic nitrogens is 4. The number of imidazole rings is 1. The number of methoxy groups -OCH3 is 2. The molecule has 142 valence electrons. The molecule has 2 aromatic carbocycles. The van der Waals surface area contributed by atoms with Gasteiger partial charge in [-0.3, -0.25) is 9.59 Å². The number of carbonyl (C=O) groups is 1. The number of nitrogens with zero attached hydrogens (tertiary/aromatic N) is 4. The number of ether oxygens (including phenoxy) is 2. The minimum atomic E-state index is -0.414. The van der Waals surface area contributed by atoms with Crippen LogP contribution in [0.25, 0.3) is 16.8 Å². The van der Waals surface area contributed by atoms with Crippen molar-refractivity contribution in [2.45, 2.75) is 13.5 Å². The zero-order chi connectivity index (χ0) is 19.8. The summed E-state index contributed by atoms with van der Waals surface area (Å²) in [6.45, 7) is 1.62. The van der Waals surface area contributed by atoms with Crippen molar-refractivity contribution in [2.24, 2.45) is 0 Å². The van der Waals surface area contributed by atoms with Gasteiger partial charge in [0, 0.05) is 5.56 Å². The standard InChI is InChI=1S/C20H18N4O4/c1-12-19(26)21-20-23(14-6-4-5-7-15(14)24(20)22-12)11-16(25)13-8-9-17(27-2)18(10-13)28-3/h4-10H,11H2,1-3H3. The molecule has 0 bridgehead atoms. The van der Waals surface area contributed by atoms with E-state index in [1.807, 2.05) is 24.3 Å². The molecule has 2 heterocycles. The fraction of sp³-hybridized carbons (Fsp3) is 0.200. The molecule has 0 saturated carbocycles. The first-order valence-electron chi connectivity index (χ1n) is 8.63. The van der Waals surface area contributed by atoms with Gasteiger partial charge in [0.05, 0.1) is 31.8 Å². The Balaban J connectivity index is 1.84. The van der Waals surface area contributed by atoms with Crippen molar-refractivity contribution in [3.05, 3.63) is 64.1 Å². The van der Waals surface area contributed by atoms with Gasteiger partial charge in [0.25, 0.3) is 5.56 Å². The third-order valence-corrected chi connectivity index (χ3v) is 4.60. The number of hydrogen-bond donors (Lipinski definition) is 0. The highest BCUT2D eigenvalue weighted by molar-refractivity contribution is 5.98. The van der Waals surface area contributed by atoms with Gasteiger partial charge < -0.3 is 14.0 Å². The summed E-state index contributed by atoms with van der Waals surface area (Å²) in [5.74, 6) is 1.19. The van der Waals surface area contributed by atoms with Gasteiger partial charge in [-0.15, -0.1) is 0 Å². The molecule has 2 aromatic heterocycles. The number of para-hydroxylation sites is 2. The van der Waals surface area contributed by atoms with E-state index in [-0.39, 0.29) is 12.3 Å². The number of benzene rings is 2. The van der Waals surface area contributed by atoms with E-state index in [2.05, 4.69) is 10.1 Å². The third kappa shape index (κ3) is 2.79. The normalized spacial score (nSPS) is 11.1. The highest BCUT2D eigenvalue weighted by Gasteiger charge is 2.18. The van der Waals surface area contributed by atoms with Crippen molar-refractivity contribution in [1.82, 2.24) is 19.2 Å². The monoisotopic (exact) mass is 378 g/mol. The molecule has 0 unspecified atom stereocenters. The number of aryl methyl sites for hydroxylation is 1. The van der Waals surface area contributed by atoms with Crippen LogP contribution in [-0.4, -0.2) is 39.2 Å². The van der Waals surface area contributed by atoms with E-state index in [1.165, 1.54) is 14.2 Å². The number of Topliss-reactive ketones (excluding diaryl/α,β-unsaturated/α-hetero) is 1.